The number of hydrogen-bond acceptors (Lipinski definition) is 7. The van der Waals surface area contributed by atoms with Crippen LogP contribution in [-0.2, 0) is 4.74 Å². The van der Waals surface area contributed by atoms with E-state index in [1.54, 1.807) is 42.0 Å². The van der Waals surface area contributed by atoms with Crippen molar-refractivity contribution >= 4 is 76.8 Å². The second kappa shape index (κ2) is 12.6. The number of anilines is 1. The molecule has 13 heteroatoms. The fourth-order valence-corrected chi connectivity index (χ4v) is 3.72. The molecule has 5 aromatic rings. The van der Waals surface area contributed by atoms with E-state index >= 15 is 0 Å². The van der Waals surface area contributed by atoms with Gasteiger partial charge in [0, 0.05) is 32.0 Å². The summed E-state index contributed by atoms with van der Waals surface area (Å²) in [5, 5.41) is 8.79. The third-order valence-corrected chi connectivity index (χ3v) is 5.80. The Labute approximate surface area is 230 Å². The molecule has 0 fully saturated rings. The van der Waals surface area contributed by atoms with E-state index in [0.29, 0.717) is 23.8 Å². The van der Waals surface area contributed by atoms with Crippen LogP contribution < -0.4 is 5.73 Å². The van der Waals surface area contributed by atoms with Gasteiger partial charge in [-0.3, -0.25) is 8.80 Å². The number of carbonyl (C=O) groups excluding carboxylic acids is 1. The van der Waals surface area contributed by atoms with Crippen LogP contribution in [0.2, 0.25) is 0 Å². The lowest BCUT2D eigenvalue weighted by molar-refractivity contribution is 0.0517. The van der Waals surface area contributed by atoms with Gasteiger partial charge in [0.25, 0.3) is 0 Å². The Balaban J connectivity index is 0.000000157. The van der Waals surface area contributed by atoms with E-state index in [4.69, 9.17) is 15.6 Å². The second-order valence-corrected chi connectivity index (χ2v) is 9.61. The summed E-state index contributed by atoms with van der Waals surface area (Å²) in [5.41, 5.74) is 7.25. The van der Waals surface area contributed by atoms with Gasteiger partial charge in [0.05, 0.1) is 19.0 Å². The highest BCUT2D eigenvalue weighted by atomic mass is 79.9. The molecule has 0 amide bonds. The summed E-state index contributed by atoms with van der Waals surface area (Å²) in [6, 6.07) is 10.8. The Morgan fingerprint density at radius 1 is 0.833 bits per heavy atom. The average molecular weight is 683 g/mol. The first-order valence-electron chi connectivity index (χ1n) is 10.2. The van der Waals surface area contributed by atoms with Crippen molar-refractivity contribution in [3.05, 3.63) is 92.2 Å². The van der Waals surface area contributed by atoms with Gasteiger partial charge >= 0.3 is 11.9 Å². The molecule has 0 aliphatic carbocycles. The molecule has 0 saturated heterocycles. The molecule has 0 aliphatic rings. The van der Waals surface area contributed by atoms with E-state index in [1.807, 2.05) is 24.3 Å². The zero-order valence-electron chi connectivity index (χ0n) is 18.7. The van der Waals surface area contributed by atoms with Crippen LogP contribution >= 0.6 is 47.8 Å². The lowest BCUT2D eigenvalue weighted by atomic mass is 10.4. The summed E-state index contributed by atoms with van der Waals surface area (Å²) in [5.74, 6) is -0.790. The number of rotatable bonds is 3. The van der Waals surface area contributed by atoms with Gasteiger partial charge in [-0.15, -0.1) is 0 Å². The third kappa shape index (κ3) is 7.12. The predicted octanol–water partition coefficient (Wildman–Crippen LogP) is 5.49. The Bertz CT molecular complexity index is 1480. The first-order chi connectivity index (χ1) is 17.2. The van der Waals surface area contributed by atoms with Gasteiger partial charge < -0.3 is 15.6 Å². The number of esters is 1. The average Bonchev–Trinajstić information content (AvgIpc) is 3.45. The number of hydrogen-bond donors (Lipinski definition) is 2. The molecule has 0 atom stereocenters. The number of fused-ring (bicyclic) bond motifs is 2. The summed E-state index contributed by atoms with van der Waals surface area (Å²) in [6.45, 7) is 2.14. The van der Waals surface area contributed by atoms with Crippen molar-refractivity contribution in [1.29, 1.82) is 0 Å². The van der Waals surface area contributed by atoms with Gasteiger partial charge in [0.2, 0.25) is 0 Å². The molecule has 5 rings (SSSR count). The van der Waals surface area contributed by atoms with E-state index in [9.17, 15) is 9.59 Å². The van der Waals surface area contributed by atoms with E-state index in [1.165, 1.54) is 16.8 Å². The number of nitrogens with zero attached hydrogens (tertiary/aromatic N) is 5. The quantitative estimate of drug-likeness (QED) is 0.238. The standard InChI is InChI=1S/C10H9BrN2O2.C8H5BrN2O2.C5H5BrN2/c1-2-15-10(14)8-5-12-9-4-3-7(11)6-13(8)9;9-5-1-2-7-10-3-6(8(12)13)11(7)4-5;6-4-1-2-5(7)8-3-4/h3-6H,2H2,1H3;1-4H,(H,12,13);1-3H,(H2,7,8). The molecule has 0 bridgehead atoms. The SMILES string of the molecule is CCOC(=O)c1cnc2ccc(Br)cn12.Nc1ccc(Br)cn1.O=C(O)c1cnc2ccc(Br)cn12. The molecule has 0 spiro atoms. The highest BCUT2D eigenvalue weighted by Gasteiger charge is 2.12. The van der Waals surface area contributed by atoms with Crippen LogP contribution in [0.25, 0.3) is 11.3 Å². The minimum Gasteiger partial charge on any atom is -0.477 e. The zero-order valence-corrected chi connectivity index (χ0v) is 23.4. The zero-order chi connectivity index (χ0) is 26.2. The maximum Gasteiger partial charge on any atom is 0.356 e. The van der Waals surface area contributed by atoms with E-state index < -0.39 is 5.97 Å². The molecular formula is C23H19Br3N6O4. The summed E-state index contributed by atoms with van der Waals surface area (Å²) in [6.07, 6.45) is 7.97. The number of pyridine rings is 3. The fraction of sp³-hybridized carbons (Fsp3) is 0.0870. The van der Waals surface area contributed by atoms with Crippen LogP contribution in [0.3, 0.4) is 0 Å². The normalized spacial score (nSPS) is 10.2. The fourth-order valence-electron chi connectivity index (χ4n) is 2.81. The molecule has 3 N–H and O–H groups in total. The van der Waals surface area contributed by atoms with E-state index in [2.05, 4.69) is 62.7 Å². The Morgan fingerprint density at radius 3 is 1.83 bits per heavy atom. The largest absolute Gasteiger partial charge is 0.477 e. The first-order valence-corrected chi connectivity index (χ1v) is 12.6. The summed E-state index contributed by atoms with van der Waals surface area (Å²) >= 11 is 9.82. The van der Waals surface area contributed by atoms with Crippen molar-refractivity contribution in [2.75, 3.05) is 12.3 Å². The molecule has 36 heavy (non-hydrogen) atoms. The Hall–Kier alpha value is -3.29. The van der Waals surface area contributed by atoms with Crippen molar-refractivity contribution in [3.8, 4) is 0 Å². The number of halogens is 3. The van der Waals surface area contributed by atoms with Crippen LogP contribution in [0.4, 0.5) is 5.82 Å². The summed E-state index contributed by atoms with van der Waals surface area (Å²) in [4.78, 5) is 34.1. The third-order valence-electron chi connectivity index (χ3n) is 4.39. The molecular weight excluding hydrogens is 664 g/mol. The van der Waals surface area contributed by atoms with Gasteiger partial charge in [-0.2, -0.15) is 0 Å². The lowest BCUT2D eigenvalue weighted by Crippen LogP contribution is -2.07. The van der Waals surface area contributed by atoms with Crippen molar-refractivity contribution in [2.24, 2.45) is 0 Å². The van der Waals surface area contributed by atoms with Gasteiger partial charge in [0.1, 0.15) is 17.1 Å². The maximum atomic E-state index is 11.5. The van der Waals surface area contributed by atoms with Crippen LogP contribution in [0.5, 0.6) is 0 Å². The number of imidazole rings is 2. The van der Waals surface area contributed by atoms with Gasteiger partial charge in [-0.05, 0) is 91.1 Å². The topological polar surface area (TPSA) is 137 Å². The minimum absolute atomic E-state index is 0.163. The minimum atomic E-state index is -0.981. The smallest absolute Gasteiger partial charge is 0.356 e. The van der Waals surface area contributed by atoms with Crippen molar-refractivity contribution in [2.45, 2.75) is 6.92 Å². The molecule has 186 valence electrons. The van der Waals surface area contributed by atoms with Crippen molar-refractivity contribution in [1.82, 2.24) is 23.8 Å². The molecule has 5 aromatic heterocycles. The maximum absolute atomic E-state index is 11.5. The van der Waals surface area contributed by atoms with Gasteiger partial charge in [0.15, 0.2) is 11.4 Å². The highest BCUT2D eigenvalue weighted by molar-refractivity contribution is 9.11. The van der Waals surface area contributed by atoms with Crippen LogP contribution in [0.15, 0.2) is 80.8 Å². The Morgan fingerprint density at radius 2 is 1.36 bits per heavy atom. The molecule has 0 aliphatic heterocycles. The number of carboxylic acid groups (broad SMARTS) is 1. The van der Waals surface area contributed by atoms with Crippen LogP contribution in [0, 0.1) is 0 Å². The number of nitrogen functional groups attached to an aromatic ring is 1. The van der Waals surface area contributed by atoms with Gasteiger partial charge in [-0.25, -0.2) is 24.5 Å². The number of carbonyl (C=O) groups is 2. The van der Waals surface area contributed by atoms with Gasteiger partial charge in [-0.1, -0.05) is 0 Å². The Kier molecular flexibility index (Phi) is 9.56. The lowest BCUT2D eigenvalue weighted by Gasteiger charge is -2.01. The number of nitrogens with two attached hydrogens (primary N) is 1. The van der Waals surface area contributed by atoms with Crippen LogP contribution in [0.1, 0.15) is 27.9 Å². The number of ether oxygens (including phenoxy) is 1. The number of carboxylic acids is 1. The predicted molar refractivity (Wildman–Crippen MR) is 145 cm³/mol. The molecule has 0 saturated carbocycles. The first kappa shape index (κ1) is 27.3. The monoisotopic (exact) mass is 680 g/mol. The molecule has 0 radical (unpaired) electrons. The summed E-state index contributed by atoms with van der Waals surface area (Å²) < 4.78 is 10.8. The second-order valence-electron chi connectivity index (χ2n) is 6.86. The van der Waals surface area contributed by atoms with E-state index in [0.717, 1.165) is 19.1 Å². The molecule has 0 unspecified atom stereocenters. The number of aromatic nitrogens is 5. The highest BCUT2D eigenvalue weighted by Crippen LogP contribution is 2.15. The molecule has 5 heterocycles. The van der Waals surface area contributed by atoms with Crippen molar-refractivity contribution < 1.29 is 19.4 Å². The molecule has 10 nitrogen and oxygen atoms in total. The molecule has 0 aromatic carbocycles. The van der Waals surface area contributed by atoms with Crippen LogP contribution in [-0.4, -0.2) is 47.4 Å². The van der Waals surface area contributed by atoms with Crippen molar-refractivity contribution in [3.63, 3.8) is 0 Å². The number of aromatic carboxylic acids is 1. The summed E-state index contributed by atoms with van der Waals surface area (Å²) in [7, 11) is 0. The van der Waals surface area contributed by atoms with E-state index in [-0.39, 0.29) is 11.7 Å².